The highest BCUT2D eigenvalue weighted by Crippen LogP contribution is 2.13. The molecule has 1 saturated heterocycles. The molecule has 2 heterocycles. The molecule has 7 nitrogen and oxygen atoms in total. The van der Waals surface area contributed by atoms with Gasteiger partial charge in [0.05, 0.1) is 5.69 Å². The van der Waals surface area contributed by atoms with E-state index in [2.05, 4.69) is 15.4 Å². The molecule has 0 spiro atoms. The van der Waals surface area contributed by atoms with Crippen LogP contribution in [0.15, 0.2) is 24.3 Å². The van der Waals surface area contributed by atoms with Crippen molar-refractivity contribution in [1.29, 1.82) is 0 Å². The highest BCUT2D eigenvalue weighted by atomic mass is 16.2. The number of nitrogens with zero attached hydrogens (tertiary/aromatic N) is 4. The Balaban J connectivity index is 1.63. The molecule has 7 heteroatoms. The van der Waals surface area contributed by atoms with Crippen LogP contribution in [0.2, 0.25) is 0 Å². The second-order valence-electron chi connectivity index (χ2n) is 5.79. The lowest BCUT2D eigenvalue weighted by Gasteiger charge is -2.34. The third kappa shape index (κ3) is 3.23. The summed E-state index contributed by atoms with van der Waals surface area (Å²) in [5, 5.41) is 10.1. The van der Waals surface area contributed by atoms with Crippen molar-refractivity contribution < 1.29 is 9.59 Å². The van der Waals surface area contributed by atoms with Crippen molar-refractivity contribution in [2.45, 2.75) is 20.4 Å². The zero-order valence-corrected chi connectivity index (χ0v) is 13.2. The minimum absolute atomic E-state index is 0.0497. The average molecular weight is 313 g/mol. The molecule has 0 saturated carbocycles. The van der Waals surface area contributed by atoms with Gasteiger partial charge in [-0.05, 0) is 19.4 Å². The molecule has 1 aromatic heterocycles. The molecule has 23 heavy (non-hydrogen) atoms. The van der Waals surface area contributed by atoms with Crippen molar-refractivity contribution in [2.24, 2.45) is 0 Å². The number of H-pyrrole nitrogens is 1. The van der Waals surface area contributed by atoms with Gasteiger partial charge in [0.2, 0.25) is 5.91 Å². The number of carbonyl (C=O) groups is 2. The molecule has 1 N–H and O–H groups in total. The molecule has 1 aromatic carbocycles. The summed E-state index contributed by atoms with van der Waals surface area (Å²) in [6.45, 7) is 5.43. The molecule has 1 aliphatic rings. The Bertz CT molecular complexity index is 722. The number of aryl methyl sites for hydroxylation is 2. The summed E-state index contributed by atoms with van der Waals surface area (Å²) >= 11 is 0. The van der Waals surface area contributed by atoms with E-state index in [0.717, 1.165) is 5.56 Å². The fourth-order valence-corrected chi connectivity index (χ4v) is 2.60. The Morgan fingerprint density at radius 3 is 2.52 bits per heavy atom. The fraction of sp³-hybridized carbons (Fsp3) is 0.375. The van der Waals surface area contributed by atoms with Crippen molar-refractivity contribution in [2.75, 3.05) is 19.6 Å². The smallest absolute Gasteiger partial charge is 0.276 e. The Morgan fingerprint density at radius 2 is 1.91 bits per heavy atom. The van der Waals surface area contributed by atoms with Gasteiger partial charge in [-0.15, -0.1) is 0 Å². The lowest BCUT2D eigenvalue weighted by molar-refractivity contribution is -0.135. The molecule has 0 atom stereocenters. The number of carbonyl (C=O) groups excluding carboxylic acids is 2. The Hall–Kier alpha value is -2.70. The number of hydrogen-bond acceptors (Lipinski definition) is 4. The fourth-order valence-electron chi connectivity index (χ4n) is 2.60. The van der Waals surface area contributed by atoms with Gasteiger partial charge in [-0.2, -0.15) is 15.4 Å². The first-order valence-corrected chi connectivity index (χ1v) is 7.54. The van der Waals surface area contributed by atoms with Crippen LogP contribution in [0.3, 0.4) is 0 Å². The monoisotopic (exact) mass is 313 g/mol. The van der Waals surface area contributed by atoms with Crippen LogP contribution in [0.5, 0.6) is 0 Å². The lowest BCUT2D eigenvalue weighted by Crippen LogP contribution is -2.52. The maximum Gasteiger partial charge on any atom is 0.276 e. The number of benzene rings is 1. The quantitative estimate of drug-likeness (QED) is 0.913. The molecule has 0 radical (unpaired) electrons. The van der Waals surface area contributed by atoms with Crippen molar-refractivity contribution >= 4 is 11.8 Å². The Morgan fingerprint density at radius 1 is 1.17 bits per heavy atom. The minimum atomic E-state index is -0.250. The minimum Gasteiger partial charge on any atom is -0.335 e. The molecule has 0 bridgehead atoms. The van der Waals surface area contributed by atoms with E-state index >= 15 is 0 Å². The first kappa shape index (κ1) is 15.2. The first-order valence-electron chi connectivity index (χ1n) is 7.54. The third-order valence-corrected chi connectivity index (χ3v) is 4.02. The molecule has 2 aromatic rings. The lowest BCUT2D eigenvalue weighted by atomic mass is 10.1. The van der Waals surface area contributed by atoms with E-state index in [1.807, 2.05) is 31.2 Å². The van der Waals surface area contributed by atoms with Gasteiger partial charge in [-0.3, -0.25) is 9.59 Å². The molecule has 2 amide bonds. The van der Waals surface area contributed by atoms with Gasteiger partial charge in [-0.25, -0.2) is 0 Å². The van der Waals surface area contributed by atoms with E-state index in [-0.39, 0.29) is 24.1 Å². The van der Waals surface area contributed by atoms with E-state index < -0.39 is 0 Å². The topological polar surface area (TPSA) is 82.2 Å². The van der Waals surface area contributed by atoms with Crippen LogP contribution in [0, 0.1) is 13.8 Å². The van der Waals surface area contributed by atoms with Crippen LogP contribution < -0.4 is 0 Å². The second kappa shape index (κ2) is 6.20. The molecular weight excluding hydrogens is 294 g/mol. The molecule has 1 aliphatic heterocycles. The van der Waals surface area contributed by atoms with Gasteiger partial charge in [0.15, 0.2) is 5.69 Å². The number of rotatable bonds is 3. The summed E-state index contributed by atoms with van der Waals surface area (Å²) < 4.78 is 0. The molecule has 0 unspecified atom stereocenters. The van der Waals surface area contributed by atoms with Gasteiger partial charge < -0.3 is 9.80 Å². The van der Waals surface area contributed by atoms with E-state index in [1.54, 1.807) is 11.8 Å². The second-order valence-corrected chi connectivity index (χ2v) is 5.79. The number of amides is 2. The predicted octanol–water partition coefficient (Wildman–Crippen LogP) is 0.906. The molecule has 120 valence electrons. The summed E-state index contributed by atoms with van der Waals surface area (Å²) in [6.07, 6.45) is 0. The highest BCUT2D eigenvalue weighted by molar-refractivity contribution is 5.96. The van der Waals surface area contributed by atoms with E-state index in [9.17, 15) is 9.59 Å². The van der Waals surface area contributed by atoms with Crippen LogP contribution in [0.4, 0.5) is 0 Å². The van der Waals surface area contributed by atoms with Crippen LogP contribution in [-0.2, 0) is 11.3 Å². The SMILES string of the molecule is Cc1ccc(CN2CCN(C(=O)c3n[nH]nc3C)CC2=O)cc1. The van der Waals surface area contributed by atoms with Crippen molar-refractivity contribution in [3.05, 3.63) is 46.8 Å². The Labute approximate surface area is 134 Å². The maximum absolute atomic E-state index is 12.4. The van der Waals surface area contributed by atoms with Crippen LogP contribution in [0.1, 0.15) is 27.3 Å². The third-order valence-electron chi connectivity index (χ3n) is 4.02. The van der Waals surface area contributed by atoms with Gasteiger partial charge in [-0.1, -0.05) is 29.8 Å². The Kier molecular flexibility index (Phi) is 4.10. The van der Waals surface area contributed by atoms with E-state index in [1.165, 1.54) is 10.5 Å². The number of aromatic nitrogens is 3. The normalized spacial score (nSPS) is 15.1. The van der Waals surface area contributed by atoms with Crippen LogP contribution in [-0.4, -0.2) is 56.7 Å². The first-order chi connectivity index (χ1) is 11.0. The number of piperazine rings is 1. The van der Waals surface area contributed by atoms with Crippen LogP contribution in [0.25, 0.3) is 0 Å². The molecule has 0 aliphatic carbocycles. The summed E-state index contributed by atoms with van der Waals surface area (Å²) in [6, 6.07) is 8.12. The van der Waals surface area contributed by atoms with Gasteiger partial charge in [0.25, 0.3) is 5.91 Å². The summed E-state index contributed by atoms with van der Waals surface area (Å²) in [5.74, 6) is -0.300. The van der Waals surface area contributed by atoms with Gasteiger partial charge in [0, 0.05) is 19.6 Å². The standard InChI is InChI=1S/C16H19N5O2/c1-11-3-5-13(6-4-11)9-20-7-8-21(10-14(20)22)16(23)15-12(2)17-19-18-15/h3-6H,7-10H2,1-2H3,(H,17,18,19). The van der Waals surface area contributed by atoms with Gasteiger partial charge in [0.1, 0.15) is 6.54 Å². The maximum atomic E-state index is 12.4. The van der Waals surface area contributed by atoms with Crippen molar-refractivity contribution in [3.8, 4) is 0 Å². The molecular formula is C16H19N5O2. The zero-order chi connectivity index (χ0) is 16.4. The van der Waals surface area contributed by atoms with Crippen molar-refractivity contribution in [3.63, 3.8) is 0 Å². The number of nitrogens with one attached hydrogen (secondary N) is 1. The zero-order valence-electron chi connectivity index (χ0n) is 13.2. The summed E-state index contributed by atoms with van der Waals surface area (Å²) in [5.41, 5.74) is 3.11. The highest BCUT2D eigenvalue weighted by Gasteiger charge is 2.29. The van der Waals surface area contributed by atoms with E-state index in [0.29, 0.717) is 25.3 Å². The predicted molar refractivity (Wildman–Crippen MR) is 83.6 cm³/mol. The number of aromatic amines is 1. The number of hydrogen-bond donors (Lipinski definition) is 1. The summed E-state index contributed by atoms with van der Waals surface area (Å²) in [4.78, 5) is 28.0. The molecule has 1 fully saturated rings. The molecule has 3 rings (SSSR count). The largest absolute Gasteiger partial charge is 0.335 e. The van der Waals surface area contributed by atoms with E-state index in [4.69, 9.17) is 0 Å². The average Bonchev–Trinajstić information content (AvgIpc) is 2.97. The van der Waals surface area contributed by atoms with Crippen molar-refractivity contribution in [1.82, 2.24) is 25.2 Å². The summed E-state index contributed by atoms with van der Waals surface area (Å²) in [7, 11) is 0. The van der Waals surface area contributed by atoms with Crippen LogP contribution >= 0.6 is 0 Å². The van der Waals surface area contributed by atoms with Gasteiger partial charge >= 0.3 is 0 Å².